The lowest BCUT2D eigenvalue weighted by atomic mass is 10.1. The monoisotopic (exact) mass is 260 g/mol. The fourth-order valence-corrected chi connectivity index (χ4v) is 1.46. The summed E-state index contributed by atoms with van der Waals surface area (Å²) in [6.45, 7) is 0.336. The molecule has 0 aliphatic heterocycles. The maximum atomic E-state index is 13.1. The zero-order chi connectivity index (χ0) is 10.6. The minimum atomic E-state index is -0.597. The summed E-state index contributed by atoms with van der Waals surface area (Å²) in [5.41, 5.74) is 5.42. The van der Waals surface area contributed by atoms with Crippen LogP contribution in [0.25, 0.3) is 0 Å². The van der Waals surface area contributed by atoms with Gasteiger partial charge in [-0.05, 0) is 30.2 Å². The molecule has 3 nitrogen and oxygen atoms in total. The van der Waals surface area contributed by atoms with Crippen molar-refractivity contribution in [2.24, 2.45) is 5.73 Å². The molecular weight excluding hydrogens is 251 g/mol. The second kappa shape index (κ2) is 4.95. The second-order valence-corrected chi connectivity index (χ2v) is 3.69. The van der Waals surface area contributed by atoms with Gasteiger partial charge in [-0.1, -0.05) is 15.9 Å². The third-order valence-electron chi connectivity index (χ3n) is 1.70. The molecule has 1 aromatic carbocycles. The summed E-state index contributed by atoms with van der Waals surface area (Å²) in [5.74, 6) is -0.278. The van der Waals surface area contributed by atoms with Crippen LogP contribution in [0, 0.1) is 5.82 Å². The number of halogens is 2. The van der Waals surface area contributed by atoms with Gasteiger partial charge >= 0.3 is 6.03 Å². The van der Waals surface area contributed by atoms with Gasteiger partial charge in [-0.2, -0.15) is 0 Å². The number of urea groups is 1. The van der Waals surface area contributed by atoms with E-state index in [1.54, 1.807) is 12.1 Å². The molecule has 0 aromatic heterocycles. The van der Waals surface area contributed by atoms with Crippen LogP contribution in [0.4, 0.5) is 9.18 Å². The molecule has 0 heterocycles. The fraction of sp³-hybridized carbons (Fsp3) is 0.222. The summed E-state index contributed by atoms with van der Waals surface area (Å²) in [7, 11) is 0. The van der Waals surface area contributed by atoms with E-state index < -0.39 is 6.03 Å². The predicted molar refractivity (Wildman–Crippen MR) is 55.4 cm³/mol. The third kappa shape index (κ3) is 3.33. The predicted octanol–water partition coefficient (Wildman–Crippen LogP) is 1.80. The number of hydrogen-bond donors (Lipinski definition) is 2. The minimum Gasteiger partial charge on any atom is -0.352 e. The first-order valence-electron chi connectivity index (χ1n) is 4.07. The summed E-state index contributed by atoms with van der Waals surface area (Å²) in [4.78, 5) is 10.3. The van der Waals surface area contributed by atoms with Crippen LogP contribution in [-0.4, -0.2) is 12.6 Å². The molecule has 1 rings (SSSR count). The van der Waals surface area contributed by atoms with Gasteiger partial charge in [0, 0.05) is 11.0 Å². The Morgan fingerprint density at radius 1 is 1.57 bits per heavy atom. The number of carbonyl (C=O) groups is 1. The Bertz CT molecular complexity index is 344. The molecule has 3 N–H and O–H groups in total. The zero-order valence-electron chi connectivity index (χ0n) is 7.39. The molecule has 1 aromatic rings. The number of nitrogens with two attached hydrogens (primary N) is 1. The first-order valence-corrected chi connectivity index (χ1v) is 4.86. The summed E-state index contributed by atoms with van der Waals surface area (Å²) in [6, 6.07) is 4.09. The summed E-state index contributed by atoms with van der Waals surface area (Å²) in [5, 5.41) is 2.40. The van der Waals surface area contributed by atoms with Gasteiger partial charge < -0.3 is 11.1 Å². The van der Waals surface area contributed by atoms with E-state index in [0.717, 1.165) is 4.47 Å². The quantitative estimate of drug-likeness (QED) is 0.856. The van der Waals surface area contributed by atoms with Crippen molar-refractivity contribution in [2.75, 3.05) is 6.54 Å². The average Bonchev–Trinajstić information content (AvgIpc) is 2.10. The summed E-state index contributed by atoms with van der Waals surface area (Å²) < 4.78 is 13.9. The molecule has 76 valence electrons. The van der Waals surface area contributed by atoms with Gasteiger partial charge in [0.2, 0.25) is 0 Å². The van der Waals surface area contributed by atoms with E-state index in [9.17, 15) is 9.18 Å². The molecule has 0 saturated heterocycles. The van der Waals surface area contributed by atoms with Crippen LogP contribution in [0.3, 0.4) is 0 Å². The van der Waals surface area contributed by atoms with Gasteiger partial charge in [0.1, 0.15) is 5.82 Å². The van der Waals surface area contributed by atoms with Crippen LogP contribution in [-0.2, 0) is 6.42 Å². The molecule has 0 radical (unpaired) electrons. The van der Waals surface area contributed by atoms with Crippen molar-refractivity contribution in [3.05, 3.63) is 34.1 Å². The van der Waals surface area contributed by atoms with Crippen molar-refractivity contribution in [1.82, 2.24) is 5.32 Å². The van der Waals surface area contributed by atoms with Gasteiger partial charge in [0.05, 0.1) is 0 Å². The van der Waals surface area contributed by atoms with Crippen molar-refractivity contribution in [1.29, 1.82) is 0 Å². The van der Waals surface area contributed by atoms with Gasteiger partial charge in [0.25, 0.3) is 0 Å². The maximum Gasteiger partial charge on any atom is 0.312 e. The molecule has 0 aliphatic carbocycles. The molecule has 0 bridgehead atoms. The van der Waals surface area contributed by atoms with Crippen LogP contribution in [0.1, 0.15) is 5.56 Å². The lowest BCUT2D eigenvalue weighted by molar-refractivity contribution is 0.249. The molecule has 0 fully saturated rings. The number of benzene rings is 1. The highest BCUT2D eigenvalue weighted by Crippen LogP contribution is 2.15. The van der Waals surface area contributed by atoms with Crippen LogP contribution >= 0.6 is 15.9 Å². The highest BCUT2D eigenvalue weighted by molar-refractivity contribution is 9.10. The Labute approximate surface area is 89.6 Å². The number of rotatable bonds is 3. The van der Waals surface area contributed by atoms with Crippen molar-refractivity contribution in [2.45, 2.75) is 6.42 Å². The first-order chi connectivity index (χ1) is 6.59. The number of primary amides is 1. The normalized spacial score (nSPS) is 9.86. The molecule has 0 unspecified atom stereocenters. The molecule has 2 amide bonds. The first kappa shape index (κ1) is 11.0. The number of carbonyl (C=O) groups excluding carboxylic acids is 1. The largest absolute Gasteiger partial charge is 0.352 e. The number of nitrogens with one attached hydrogen (secondary N) is 1. The second-order valence-electron chi connectivity index (χ2n) is 2.78. The van der Waals surface area contributed by atoms with Crippen LogP contribution in [0.5, 0.6) is 0 Å². The van der Waals surface area contributed by atoms with Gasteiger partial charge in [-0.3, -0.25) is 0 Å². The lowest BCUT2D eigenvalue weighted by Gasteiger charge is -2.04. The van der Waals surface area contributed by atoms with E-state index in [1.165, 1.54) is 6.07 Å². The van der Waals surface area contributed by atoms with Crippen molar-refractivity contribution < 1.29 is 9.18 Å². The molecule has 0 saturated carbocycles. The van der Waals surface area contributed by atoms with Gasteiger partial charge in [-0.15, -0.1) is 0 Å². The minimum absolute atomic E-state index is 0.278. The Hall–Kier alpha value is -1.10. The van der Waals surface area contributed by atoms with E-state index in [2.05, 4.69) is 21.2 Å². The van der Waals surface area contributed by atoms with Crippen LogP contribution in [0.2, 0.25) is 0 Å². The van der Waals surface area contributed by atoms with E-state index in [4.69, 9.17) is 5.73 Å². The molecular formula is C9H10BrFN2O. The molecule has 0 spiro atoms. The highest BCUT2D eigenvalue weighted by Gasteiger charge is 2.02. The average molecular weight is 261 g/mol. The molecule has 0 aliphatic rings. The summed E-state index contributed by atoms with van der Waals surface area (Å²) >= 11 is 3.24. The fourth-order valence-electron chi connectivity index (χ4n) is 1.06. The van der Waals surface area contributed by atoms with Gasteiger partial charge in [0.15, 0.2) is 0 Å². The Morgan fingerprint density at radius 2 is 2.29 bits per heavy atom. The summed E-state index contributed by atoms with van der Waals surface area (Å²) in [6.07, 6.45) is 0.425. The van der Waals surface area contributed by atoms with E-state index in [0.29, 0.717) is 18.5 Å². The van der Waals surface area contributed by atoms with Crippen LogP contribution in [0.15, 0.2) is 22.7 Å². The molecule has 5 heteroatoms. The van der Waals surface area contributed by atoms with E-state index in [1.807, 2.05) is 0 Å². The maximum absolute atomic E-state index is 13.1. The Kier molecular flexibility index (Phi) is 3.88. The standard InChI is InChI=1S/C9H10BrFN2O/c10-7-1-2-8(11)6(5-7)3-4-13-9(12)14/h1-2,5H,3-4H2,(H3,12,13,14). The SMILES string of the molecule is NC(=O)NCCc1cc(Br)ccc1F. The van der Waals surface area contributed by atoms with Crippen molar-refractivity contribution in [3.63, 3.8) is 0 Å². The Morgan fingerprint density at radius 3 is 2.93 bits per heavy atom. The third-order valence-corrected chi connectivity index (χ3v) is 2.19. The topological polar surface area (TPSA) is 55.1 Å². The van der Waals surface area contributed by atoms with Crippen LogP contribution < -0.4 is 11.1 Å². The van der Waals surface area contributed by atoms with Gasteiger partial charge in [-0.25, -0.2) is 9.18 Å². The van der Waals surface area contributed by atoms with E-state index in [-0.39, 0.29) is 5.82 Å². The molecule has 0 atom stereocenters. The smallest absolute Gasteiger partial charge is 0.312 e. The number of hydrogen-bond acceptors (Lipinski definition) is 1. The number of amides is 2. The van der Waals surface area contributed by atoms with E-state index >= 15 is 0 Å². The zero-order valence-corrected chi connectivity index (χ0v) is 8.97. The van der Waals surface area contributed by atoms with Crippen molar-refractivity contribution in [3.8, 4) is 0 Å². The lowest BCUT2D eigenvalue weighted by Crippen LogP contribution is -2.31. The molecule has 14 heavy (non-hydrogen) atoms. The Balaban J connectivity index is 2.57. The van der Waals surface area contributed by atoms with Crippen molar-refractivity contribution >= 4 is 22.0 Å². The highest BCUT2D eigenvalue weighted by atomic mass is 79.9.